The summed E-state index contributed by atoms with van der Waals surface area (Å²) < 4.78 is 0. The van der Waals surface area contributed by atoms with Crippen LogP contribution >= 0.6 is 0 Å². The van der Waals surface area contributed by atoms with E-state index < -0.39 is 0 Å². The predicted octanol–water partition coefficient (Wildman–Crippen LogP) is 1.38. The zero-order chi connectivity index (χ0) is 21.2. The molecular weight excluding hydrogens is 368 g/mol. The molecule has 0 aromatic heterocycles. The quantitative estimate of drug-likeness (QED) is 0.698. The van der Waals surface area contributed by atoms with Crippen molar-refractivity contribution in [3.05, 3.63) is 0 Å². The van der Waals surface area contributed by atoms with Gasteiger partial charge in [-0.15, -0.1) is 0 Å². The van der Waals surface area contributed by atoms with Crippen molar-refractivity contribution in [1.82, 2.24) is 20.4 Å². The van der Waals surface area contributed by atoms with E-state index >= 15 is 0 Å². The third-order valence-electron chi connectivity index (χ3n) is 6.72. The van der Waals surface area contributed by atoms with Crippen LogP contribution in [0.15, 0.2) is 0 Å². The highest BCUT2D eigenvalue weighted by molar-refractivity contribution is 5.90. The SMILES string of the molecule is CC(C)C[C@@H]1NCCN([C@@H](CC(C)C)C(=O)N2CCC3(CC2)CNC(=O)C3)C1=O. The minimum absolute atomic E-state index is 0.0225. The molecule has 2 atom stereocenters. The maximum Gasteiger partial charge on any atom is 0.245 e. The standard InChI is InChI=1S/C22H38N4O3/c1-15(2)11-17-20(28)26(10-7-23-17)18(12-16(3)4)21(29)25-8-5-22(6-9-25)13-19(27)24-14-22/h15-18,23H,5-14H2,1-4H3,(H,24,27)/t17-,18-/m0/s1. The van der Waals surface area contributed by atoms with Crippen molar-refractivity contribution >= 4 is 17.7 Å². The highest BCUT2D eigenvalue weighted by Gasteiger charge is 2.44. The molecule has 0 bridgehead atoms. The van der Waals surface area contributed by atoms with Crippen LogP contribution in [0.5, 0.6) is 0 Å². The van der Waals surface area contributed by atoms with Crippen molar-refractivity contribution in [3.8, 4) is 0 Å². The topological polar surface area (TPSA) is 81.8 Å². The zero-order valence-corrected chi connectivity index (χ0v) is 18.5. The van der Waals surface area contributed by atoms with E-state index in [9.17, 15) is 14.4 Å². The minimum Gasteiger partial charge on any atom is -0.356 e. The van der Waals surface area contributed by atoms with Crippen LogP contribution in [0.3, 0.4) is 0 Å². The molecular formula is C22H38N4O3. The fourth-order valence-electron chi connectivity index (χ4n) is 5.05. The van der Waals surface area contributed by atoms with E-state index in [0.29, 0.717) is 44.3 Å². The van der Waals surface area contributed by atoms with Gasteiger partial charge in [0, 0.05) is 39.1 Å². The van der Waals surface area contributed by atoms with Crippen LogP contribution in [0.4, 0.5) is 0 Å². The molecule has 0 radical (unpaired) electrons. The third-order valence-corrected chi connectivity index (χ3v) is 6.72. The van der Waals surface area contributed by atoms with Gasteiger partial charge in [0.2, 0.25) is 17.7 Å². The van der Waals surface area contributed by atoms with E-state index in [-0.39, 0.29) is 35.2 Å². The Kier molecular flexibility index (Phi) is 6.87. The Bertz CT molecular complexity index is 626. The number of rotatable bonds is 6. The normalized spacial score (nSPS) is 25.8. The molecule has 0 aromatic carbocycles. The largest absolute Gasteiger partial charge is 0.356 e. The smallest absolute Gasteiger partial charge is 0.245 e. The summed E-state index contributed by atoms with van der Waals surface area (Å²) in [5, 5.41) is 6.29. The molecule has 29 heavy (non-hydrogen) atoms. The fraction of sp³-hybridized carbons (Fsp3) is 0.864. The average Bonchev–Trinajstić information content (AvgIpc) is 3.01. The summed E-state index contributed by atoms with van der Waals surface area (Å²) in [6.45, 7) is 11.9. The van der Waals surface area contributed by atoms with Gasteiger partial charge in [0.05, 0.1) is 6.04 Å². The van der Waals surface area contributed by atoms with E-state index in [2.05, 4.69) is 38.3 Å². The first-order valence-corrected chi connectivity index (χ1v) is 11.3. The molecule has 0 saturated carbocycles. The van der Waals surface area contributed by atoms with Gasteiger partial charge in [0.1, 0.15) is 6.04 Å². The maximum atomic E-state index is 13.5. The molecule has 7 heteroatoms. The van der Waals surface area contributed by atoms with Gasteiger partial charge in [-0.05, 0) is 42.9 Å². The van der Waals surface area contributed by atoms with Gasteiger partial charge < -0.3 is 20.4 Å². The lowest BCUT2D eigenvalue weighted by Crippen LogP contribution is -2.62. The summed E-state index contributed by atoms with van der Waals surface area (Å²) in [4.78, 5) is 42.1. The lowest BCUT2D eigenvalue weighted by atomic mass is 9.77. The predicted molar refractivity (Wildman–Crippen MR) is 112 cm³/mol. The summed E-state index contributed by atoms with van der Waals surface area (Å²) in [7, 11) is 0. The second-order valence-electron chi connectivity index (χ2n) is 10.1. The molecule has 3 aliphatic rings. The molecule has 7 nitrogen and oxygen atoms in total. The monoisotopic (exact) mass is 406 g/mol. The summed E-state index contributed by atoms with van der Waals surface area (Å²) in [6.07, 6.45) is 3.79. The Morgan fingerprint density at radius 2 is 1.79 bits per heavy atom. The molecule has 3 aliphatic heterocycles. The summed E-state index contributed by atoms with van der Waals surface area (Å²) in [6, 6.07) is -0.567. The van der Waals surface area contributed by atoms with Crippen LogP contribution in [0.25, 0.3) is 0 Å². The molecule has 3 fully saturated rings. The van der Waals surface area contributed by atoms with Crippen LogP contribution < -0.4 is 10.6 Å². The molecule has 3 saturated heterocycles. The van der Waals surface area contributed by atoms with E-state index in [1.165, 1.54) is 0 Å². The molecule has 2 N–H and O–H groups in total. The van der Waals surface area contributed by atoms with Crippen molar-refractivity contribution in [3.63, 3.8) is 0 Å². The Hall–Kier alpha value is -1.63. The molecule has 1 spiro atoms. The number of piperazine rings is 1. The Morgan fingerprint density at radius 1 is 1.10 bits per heavy atom. The van der Waals surface area contributed by atoms with Gasteiger partial charge in [-0.1, -0.05) is 27.7 Å². The number of hydrogen-bond donors (Lipinski definition) is 2. The van der Waals surface area contributed by atoms with Crippen molar-refractivity contribution in [2.75, 3.05) is 32.7 Å². The van der Waals surface area contributed by atoms with Gasteiger partial charge in [-0.3, -0.25) is 14.4 Å². The Balaban J connectivity index is 1.69. The van der Waals surface area contributed by atoms with Gasteiger partial charge in [0.25, 0.3) is 0 Å². The zero-order valence-electron chi connectivity index (χ0n) is 18.5. The first-order chi connectivity index (χ1) is 13.7. The lowest BCUT2D eigenvalue weighted by Gasteiger charge is -2.43. The average molecular weight is 407 g/mol. The number of hydrogen-bond acceptors (Lipinski definition) is 4. The van der Waals surface area contributed by atoms with E-state index in [1.54, 1.807) is 0 Å². The number of carbonyl (C=O) groups excluding carboxylic acids is 3. The number of amides is 3. The third kappa shape index (κ3) is 5.11. The number of carbonyl (C=O) groups is 3. The van der Waals surface area contributed by atoms with Crippen LogP contribution in [0.2, 0.25) is 0 Å². The van der Waals surface area contributed by atoms with Crippen LogP contribution in [0, 0.1) is 17.3 Å². The highest BCUT2D eigenvalue weighted by Crippen LogP contribution is 2.38. The van der Waals surface area contributed by atoms with Crippen molar-refractivity contribution in [2.24, 2.45) is 17.3 Å². The van der Waals surface area contributed by atoms with Crippen molar-refractivity contribution in [2.45, 2.75) is 71.9 Å². The van der Waals surface area contributed by atoms with E-state index in [4.69, 9.17) is 0 Å². The van der Waals surface area contributed by atoms with Crippen molar-refractivity contribution in [1.29, 1.82) is 0 Å². The lowest BCUT2D eigenvalue weighted by molar-refractivity contribution is -0.151. The Labute approximate surface area is 174 Å². The molecule has 164 valence electrons. The number of nitrogens with zero attached hydrogens (tertiary/aromatic N) is 2. The van der Waals surface area contributed by atoms with Gasteiger partial charge in [-0.2, -0.15) is 0 Å². The van der Waals surface area contributed by atoms with Crippen LogP contribution in [-0.4, -0.2) is 72.3 Å². The highest BCUT2D eigenvalue weighted by atomic mass is 16.2. The van der Waals surface area contributed by atoms with Crippen molar-refractivity contribution < 1.29 is 14.4 Å². The van der Waals surface area contributed by atoms with Crippen LogP contribution in [-0.2, 0) is 14.4 Å². The number of likely N-dealkylation sites (tertiary alicyclic amines) is 1. The molecule has 3 amide bonds. The summed E-state index contributed by atoms with van der Waals surface area (Å²) in [5.41, 5.74) is 0.0225. The first kappa shape index (κ1) is 22.1. The Morgan fingerprint density at radius 3 is 2.34 bits per heavy atom. The van der Waals surface area contributed by atoms with Gasteiger partial charge >= 0.3 is 0 Å². The minimum atomic E-state index is -0.378. The second kappa shape index (κ2) is 9.02. The van der Waals surface area contributed by atoms with Crippen LogP contribution in [0.1, 0.15) is 59.8 Å². The fourth-order valence-corrected chi connectivity index (χ4v) is 5.05. The van der Waals surface area contributed by atoms with Gasteiger partial charge in [-0.25, -0.2) is 0 Å². The van der Waals surface area contributed by atoms with E-state index in [1.807, 2.05) is 9.80 Å². The molecule has 3 heterocycles. The maximum absolute atomic E-state index is 13.5. The molecule has 3 rings (SSSR count). The molecule has 0 unspecified atom stereocenters. The van der Waals surface area contributed by atoms with Gasteiger partial charge in [0.15, 0.2) is 0 Å². The second-order valence-corrected chi connectivity index (χ2v) is 10.1. The summed E-state index contributed by atoms with van der Waals surface area (Å²) in [5.74, 6) is 1.05. The number of piperidine rings is 1. The molecule has 0 aliphatic carbocycles. The first-order valence-electron chi connectivity index (χ1n) is 11.3. The van der Waals surface area contributed by atoms with E-state index in [0.717, 1.165) is 32.4 Å². The molecule has 0 aromatic rings. The number of nitrogens with one attached hydrogen (secondary N) is 2. The summed E-state index contributed by atoms with van der Waals surface area (Å²) >= 11 is 0.